The van der Waals surface area contributed by atoms with Crippen molar-refractivity contribution < 1.29 is 14.3 Å². The molecule has 1 aliphatic carbocycles. The quantitative estimate of drug-likeness (QED) is 0.869. The first-order chi connectivity index (χ1) is 11.2. The van der Waals surface area contributed by atoms with Crippen LogP contribution in [0.5, 0.6) is 0 Å². The van der Waals surface area contributed by atoms with E-state index < -0.39 is 11.3 Å². The van der Waals surface area contributed by atoms with Crippen molar-refractivity contribution >= 4 is 17.8 Å². The number of benzene rings is 1. The fourth-order valence-electron chi connectivity index (χ4n) is 3.63. The van der Waals surface area contributed by atoms with Gasteiger partial charge in [0, 0.05) is 18.8 Å². The average molecular weight is 313 g/mol. The molecule has 0 bridgehead atoms. The summed E-state index contributed by atoms with van der Waals surface area (Å²) in [5, 5.41) is 0. The van der Waals surface area contributed by atoms with Crippen LogP contribution < -0.4 is 5.73 Å². The van der Waals surface area contributed by atoms with Crippen molar-refractivity contribution in [3.8, 4) is 0 Å². The highest BCUT2D eigenvalue weighted by atomic mass is 16.5. The molecule has 1 aliphatic heterocycles. The smallest absolute Gasteiger partial charge is 0.249 e. The van der Waals surface area contributed by atoms with Crippen molar-refractivity contribution in [1.29, 1.82) is 0 Å². The number of primary amides is 1. The molecule has 3 rings (SSSR count). The molecule has 0 aromatic heterocycles. The molecule has 0 unspecified atom stereocenters. The largest absolute Gasteiger partial charge is 0.381 e. The zero-order chi connectivity index (χ0) is 16.3. The van der Waals surface area contributed by atoms with Crippen LogP contribution in [0.3, 0.4) is 0 Å². The van der Waals surface area contributed by atoms with E-state index in [2.05, 4.69) is 6.08 Å². The Bertz CT molecular complexity index is 642. The topological polar surface area (TPSA) is 69.4 Å². The minimum absolute atomic E-state index is 0.412. The molecule has 0 saturated carbocycles. The predicted molar refractivity (Wildman–Crippen MR) is 89.2 cm³/mol. The summed E-state index contributed by atoms with van der Waals surface area (Å²) < 4.78 is 5.41. The van der Waals surface area contributed by atoms with Crippen LogP contribution in [0.25, 0.3) is 5.57 Å². The molecule has 0 spiro atoms. The molecular formula is C19H23NO3. The summed E-state index contributed by atoms with van der Waals surface area (Å²) in [4.78, 5) is 23.6. The van der Waals surface area contributed by atoms with Crippen molar-refractivity contribution in [3.05, 3.63) is 41.0 Å². The summed E-state index contributed by atoms with van der Waals surface area (Å²) in [5.41, 5.74) is 8.67. The van der Waals surface area contributed by atoms with Gasteiger partial charge in [-0.05, 0) is 67.4 Å². The average Bonchev–Trinajstić information content (AvgIpc) is 2.62. The maximum atomic E-state index is 11.8. The van der Waals surface area contributed by atoms with Gasteiger partial charge in [0.1, 0.15) is 6.29 Å². The third-order valence-corrected chi connectivity index (χ3v) is 5.11. The lowest BCUT2D eigenvalue weighted by Crippen LogP contribution is -2.35. The third kappa shape index (κ3) is 3.08. The number of aldehydes is 1. The standard InChI is InChI=1S/C19H23NO3/c20-18(22)16-7-6-15(19(13-21)8-10-23-11-9-19)12-17(16)14-4-2-1-3-5-14/h4,6-7,12-13H,1-3,5,8-11H2,(H2,20,22). The van der Waals surface area contributed by atoms with E-state index in [-0.39, 0.29) is 0 Å². The van der Waals surface area contributed by atoms with Crippen LogP contribution in [-0.4, -0.2) is 25.4 Å². The molecule has 1 aromatic rings. The summed E-state index contributed by atoms with van der Waals surface area (Å²) in [7, 11) is 0. The molecule has 4 nitrogen and oxygen atoms in total. The summed E-state index contributed by atoms with van der Waals surface area (Å²) in [6.45, 7) is 1.18. The molecule has 122 valence electrons. The molecule has 2 N–H and O–H groups in total. The highest BCUT2D eigenvalue weighted by Crippen LogP contribution is 2.37. The van der Waals surface area contributed by atoms with E-state index in [9.17, 15) is 9.59 Å². The third-order valence-electron chi connectivity index (χ3n) is 5.11. The second-order valence-electron chi connectivity index (χ2n) is 6.49. The number of rotatable bonds is 4. The number of amides is 1. The maximum Gasteiger partial charge on any atom is 0.249 e. The summed E-state index contributed by atoms with van der Waals surface area (Å²) >= 11 is 0. The fourth-order valence-corrected chi connectivity index (χ4v) is 3.63. The fraction of sp³-hybridized carbons (Fsp3) is 0.474. The molecule has 1 amide bonds. The molecule has 0 atom stereocenters. The van der Waals surface area contributed by atoms with E-state index in [4.69, 9.17) is 10.5 Å². The normalized spacial score (nSPS) is 20.6. The minimum atomic E-state index is -0.502. The lowest BCUT2D eigenvalue weighted by molar-refractivity contribution is -0.115. The summed E-state index contributed by atoms with van der Waals surface area (Å²) in [6.07, 6.45) is 8.92. The van der Waals surface area contributed by atoms with Gasteiger partial charge in [-0.2, -0.15) is 0 Å². The Kier molecular flexibility index (Phi) is 4.62. The first kappa shape index (κ1) is 15.9. The number of carbonyl (C=O) groups is 2. The Morgan fingerprint density at radius 3 is 2.61 bits per heavy atom. The number of carbonyl (C=O) groups excluding carboxylic acids is 2. The Morgan fingerprint density at radius 2 is 2.00 bits per heavy atom. The van der Waals surface area contributed by atoms with Gasteiger partial charge in [-0.25, -0.2) is 0 Å². The first-order valence-electron chi connectivity index (χ1n) is 8.34. The second-order valence-corrected chi connectivity index (χ2v) is 6.49. The lowest BCUT2D eigenvalue weighted by Gasteiger charge is -2.33. The predicted octanol–water partition coefficient (Wildman–Crippen LogP) is 2.99. The molecule has 4 heteroatoms. The highest BCUT2D eigenvalue weighted by molar-refractivity contribution is 5.98. The minimum Gasteiger partial charge on any atom is -0.381 e. The van der Waals surface area contributed by atoms with Crippen LogP contribution in [-0.2, 0) is 14.9 Å². The SMILES string of the molecule is NC(=O)c1ccc(C2(C=O)CCOCC2)cc1C1=CCCCC1. The summed E-state index contributed by atoms with van der Waals surface area (Å²) in [6, 6.07) is 5.67. The number of ether oxygens (including phenoxy) is 1. The van der Waals surface area contributed by atoms with Gasteiger partial charge < -0.3 is 15.3 Å². The van der Waals surface area contributed by atoms with Crippen LogP contribution in [0.2, 0.25) is 0 Å². The van der Waals surface area contributed by atoms with E-state index in [0.29, 0.717) is 31.6 Å². The Morgan fingerprint density at radius 1 is 1.22 bits per heavy atom. The van der Waals surface area contributed by atoms with E-state index in [0.717, 1.165) is 36.7 Å². The van der Waals surface area contributed by atoms with E-state index in [1.165, 1.54) is 12.0 Å². The van der Waals surface area contributed by atoms with Crippen molar-refractivity contribution in [2.24, 2.45) is 5.73 Å². The zero-order valence-electron chi connectivity index (χ0n) is 13.3. The van der Waals surface area contributed by atoms with Gasteiger partial charge in [0.2, 0.25) is 5.91 Å². The molecular weight excluding hydrogens is 290 g/mol. The lowest BCUT2D eigenvalue weighted by atomic mass is 9.74. The second kappa shape index (κ2) is 6.67. The zero-order valence-corrected chi connectivity index (χ0v) is 13.3. The molecule has 2 aliphatic rings. The van der Waals surface area contributed by atoms with E-state index >= 15 is 0 Å². The molecule has 1 fully saturated rings. The van der Waals surface area contributed by atoms with Crippen LogP contribution in [0.15, 0.2) is 24.3 Å². The van der Waals surface area contributed by atoms with Gasteiger partial charge in [0.25, 0.3) is 0 Å². The number of nitrogens with two attached hydrogens (primary N) is 1. The molecule has 0 radical (unpaired) electrons. The van der Waals surface area contributed by atoms with Crippen LogP contribution in [0, 0.1) is 0 Å². The monoisotopic (exact) mass is 313 g/mol. The highest BCUT2D eigenvalue weighted by Gasteiger charge is 2.35. The molecule has 1 aromatic carbocycles. The van der Waals surface area contributed by atoms with Gasteiger partial charge in [0.15, 0.2) is 0 Å². The van der Waals surface area contributed by atoms with Crippen LogP contribution >= 0.6 is 0 Å². The van der Waals surface area contributed by atoms with E-state index in [1.807, 2.05) is 12.1 Å². The number of hydrogen-bond donors (Lipinski definition) is 1. The van der Waals surface area contributed by atoms with Gasteiger partial charge in [-0.3, -0.25) is 4.79 Å². The Labute approximate surface area is 136 Å². The number of allylic oxidation sites excluding steroid dienone is 2. The van der Waals surface area contributed by atoms with E-state index in [1.54, 1.807) is 6.07 Å². The summed E-state index contributed by atoms with van der Waals surface area (Å²) in [5.74, 6) is -0.412. The van der Waals surface area contributed by atoms with Crippen molar-refractivity contribution in [3.63, 3.8) is 0 Å². The Hall–Kier alpha value is -1.94. The van der Waals surface area contributed by atoms with Crippen molar-refractivity contribution in [2.45, 2.75) is 43.9 Å². The number of hydrogen-bond acceptors (Lipinski definition) is 3. The van der Waals surface area contributed by atoms with Gasteiger partial charge >= 0.3 is 0 Å². The van der Waals surface area contributed by atoms with Crippen LogP contribution in [0.1, 0.15) is 60.0 Å². The maximum absolute atomic E-state index is 11.8. The molecule has 1 heterocycles. The van der Waals surface area contributed by atoms with Crippen LogP contribution in [0.4, 0.5) is 0 Å². The van der Waals surface area contributed by atoms with Gasteiger partial charge in [-0.15, -0.1) is 0 Å². The van der Waals surface area contributed by atoms with Gasteiger partial charge in [-0.1, -0.05) is 12.1 Å². The first-order valence-corrected chi connectivity index (χ1v) is 8.34. The van der Waals surface area contributed by atoms with Gasteiger partial charge in [0.05, 0.1) is 5.41 Å². The molecule has 1 saturated heterocycles. The Balaban J connectivity index is 2.07. The van der Waals surface area contributed by atoms with Crippen molar-refractivity contribution in [1.82, 2.24) is 0 Å². The molecule has 23 heavy (non-hydrogen) atoms. The van der Waals surface area contributed by atoms with Crippen molar-refractivity contribution in [2.75, 3.05) is 13.2 Å².